The van der Waals surface area contributed by atoms with Crippen molar-refractivity contribution >= 4 is 11.7 Å². The van der Waals surface area contributed by atoms with Crippen LogP contribution in [0.25, 0.3) is 11.4 Å². The van der Waals surface area contributed by atoms with Gasteiger partial charge in [-0.25, -0.2) is 9.97 Å². The summed E-state index contributed by atoms with van der Waals surface area (Å²) < 4.78 is 0. The lowest BCUT2D eigenvalue weighted by Crippen LogP contribution is -2.37. The molecule has 1 N–H and O–H groups in total. The molecule has 3 aromatic heterocycles. The lowest BCUT2D eigenvalue weighted by molar-refractivity contribution is 0.0726. The first-order valence-electron chi connectivity index (χ1n) is 8.39. The third-order valence-corrected chi connectivity index (χ3v) is 4.42. The third kappa shape index (κ3) is 2.90. The van der Waals surface area contributed by atoms with Gasteiger partial charge in [0.2, 0.25) is 0 Å². The Morgan fingerprint density at radius 3 is 2.65 bits per heavy atom. The van der Waals surface area contributed by atoms with E-state index in [1.165, 1.54) is 0 Å². The van der Waals surface area contributed by atoms with Crippen molar-refractivity contribution in [3.05, 3.63) is 53.7 Å². The van der Waals surface area contributed by atoms with Gasteiger partial charge in [0.1, 0.15) is 11.5 Å². The summed E-state index contributed by atoms with van der Waals surface area (Å²) >= 11 is 0. The molecule has 8 nitrogen and oxygen atoms in total. The Labute approximate surface area is 150 Å². The average Bonchev–Trinajstić information content (AvgIpc) is 3.21. The fourth-order valence-electron chi connectivity index (χ4n) is 3.13. The van der Waals surface area contributed by atoms with Crippen molar-refractivity contribution in [2.45, 2.75) is 13.0 Å². The van der Waals surface area contributed by atoms with Gasteiger partial charge in [0, 0.05) is 50.4 Å². The van der Waals surface area contributed by atoms with E-state index in [-0.39, 0.29) is 5.91 Å². The summed E-state index contributed by atoms with van der Waals surface area (Å²) in [4.78, 5) is 30.0. The summed E-state index contributed by atoms with van der Waals surface area (Å²) in [5.74, 6) is 1.48. The first-order valence-corrected chi connectivity index (χ1v) is 8.39. The van der Waals surface area contributed by atoms with Crippen molar-refractivity contribution in [2.24, 2.45) is 0 Å². The minimum absolute atomic E-state index is 0.0661. The molecule has 0 aliphatic carbocycles. The molecule has 4 rings (SSSR count). The Bertz CT molecular complexity index is 922. The van der Waals surface area contributed by atoms with Crippen LogP contribution >= 0.6 is 0 Å². The Hall–Kier alpha value is -3.29. The van der Waals surface area contributed by atoms with E-state index < -0.39 is 0 Å². The fourth-order valence-corrected chi connectivity index (χ4v) is 3.13. The smallest absolute Gasteiger partial charge is 0.272 e. The lowest BCUT2D eigenvalue weighted by Gasteiger charge is -2.30. The van der Waals surface area contributed by atoms with Crippen molar-refractivity contribution in [2.75, 3.05) is 25.5 Å². The number of aromatic amines is 1. The van der Waals surface area contributed by atoms with Crippen molar-refractivity contribution in [3.63, 3.8) is 0 Å². The number of carbonyl (C=O) groups excluding carboxylic acids is 1. The van der Waals surface area contributed by atoms with Crippen molar-refractivity contribution in [1.82, 2.24) is 30.0 Å². The van der Waals surface area contributed by atoms with E-state index >= 15 is 0 Å². The minimum Gasteiger partial charge on any atom is -0.362 e. The number of nitrogens with zero attached hydrogens (tertiary/aromatic N) is 6. The summed E-state index contributed by atoms with van der Waals surface area (Å²) in [5.41, 5.74) is 3.38. The summed E-state index contributed by atoms with van der Waals surface area (Å²) in [5, 5.41) is 6.60. The molecule has 1 amide bonds. The molecule has 132 valence electrons. The molecule has 0 unspecified atom stereocenters. The normalized spacial score (nSPS) is 13.4. The van der Waals surface area contributed by atoms with E-state index in [4.69, 9.17) is 9.97 Å². The van der Waals surface area contributed by atoms with E-state index in [0.29, 0.717) is 24.6 Å². The van der Waals surface area contributed by atoms with E-state index in [2.05, 4.69) is 15.2 Å². The first kappa shape index (κ1) is 16.2. The highest BCUT2D eigenvalue weighted by atomic mass is 16.2. The molecule has 0 saturated carbocycles. The van der Waals surface area contributed by atoms with Gasteiger partial charge in [0.05, 0.1) is 12.2 Å². The zero-order valence-corrected chi connectivity index (χ0v) is 14.7. The quantitative estimate of drug-likeness (QED) is 0.771. The molecule has 0 aromatic carbocycles. The highest BCUT2D eigenvalue weighted by Gasteiger charge is 2.27. The van der Waals surface area contributed by atoms with E-state index in [1.807, 2.05) is 31.1 Å². The second kappa shape index (κ2) is 6.55. The van der Waals surface area contributed by atoms with Gasteiger partial charge in [-0.15, -0.1) is 0 Å². The van der Waals surface area contributed by atoms with Crippen LogP contribution in [0.4, 0.5) is 5.82 Å². The van der Waals surface area contributed by atoms with E-state index in [9.17, 15) is 4.79 Å². The predicted molar refractivity (Wildman–Crippen MR) is 96.6 cm³/mol. The SMILES string of the molecule is CN(C)c1nc(-c2ccncc2)nc2c1CCN(C(=O)c1ccn[nH]1)C2. The fraction of sp³-hybridized carbons (Fsp3) is 0.278. The Balaban J connectivity index is 1.73. The maximum absolute atomic E-state index is 12.6. The molecule has 0 saturated heterocycles. The molecule has 0 radical (unpaired) electrons. The van der Waals surface area contributed by atoms with Gasteiger partial charge < -0.3 is 9.80 Å². The number of pyridine rings is 1. The number of anilines is 1. The molecule has 0 atom stereocenters. The predicted octanol–water partition coefficient (Wildman–Crippen LogP) is 1.53. The zero-order valence-electron chi connectivity index (χ0n) is 14.7. The van der Waals surface area contributed by atoms with Crippen LogP contribution in [0.2, 0.25) is 0 Å². The molecular formula is C18H19N7O. The van der Waals surface area contributed by atoms with Crippen LogP contribution in [0, 0.1) is 0 Å². The maximum Gasteiger partial charge on any atom is 0.272 e. The number of hydrogen-bond acceptors (Lipinski definition) is 6. The zero-order chi connectivity index (χ0) is 18.1. The van der Waals surface area contributed by atoms with Crippen LogP contribution in [-0.4, -0.2) is 56.6 Å². The first-order chi connectivity index (χ1) is 12.6. The lowest BCUT2D eigenvalue weighted by atomic mass is 10.0. The Morgan fingerprint density at radius 2 is 1.96 bits per heavy atom. The van der Waals surface area contributed by atoms with Crippen molar-refractivity contribution in [1.29, 1.82) is 0 Å². The molecule has 1 aliphatic heterocycles. The molecule has 0 spiro atoms. The highest BCUT2D eigenvalue weighted by molar-refractivity contribution is 5.92. The molecule has 0 fully saturated rings. The number of aromatic nitrogens is 5. The van der Waals surface area contributed by atoms with Gasteiger partial charge in [-0.1, -0.05) is 0 Å². The van der Waals surface area contributed by atoms with Gasteiger partial charge in [0.15, 0.2) is 5.82 Å². The largest absolute Gasteiger partial charge is 0.362 e. The standard InChI is InChI=1S/C18H19N7O/c1-24(2)17-13-6-10-25(18(26)14-5-9-20-23-14)11-15(13)21-16(22-17)12-3-7-19-8-4-12/h3-5,7-9H,6,10-11H2,1-2H3,(H,20,23). The molecule has 4 heterocycles. The number of H-pyrrole nitrogens is 1. The van der Waals surface area contributed by atoms with Crippen LogP contribution in [0.15, 0.2) is 36.8 Å². The number of nitrogens with one attached hydrogen (secondary N) is 1. The van der Waals surface area contributed by atoms with Gasteiger partial charge >= 0.3 is 0 Å². The summed E-state index contributed by atoms with van der Waals surface area (Å²) in [6, 6.07) is 5.46. The second-order valence-corrected chi connectivity index (χ2v) is 6.37. The summed E-state index contributed by atoms with van der Waals surface area (Å²) in [6.45, 7) is 1.08. The van der Waals surface area contributed by atoms with Crippen LogP contribution in [0.1, 0.15) is 21.7 Å². The molecule has 3 aromatic rings. The van der Waals surface area contributed by atoms with Gasteiger partial charge in [-0.05, 0) is 24.6 Å². The van der Waals surface area contributed by atoms with Crippen molar-refractivity contribution < 1.29 is 4.79 Å². The van der Waals surface area contributed by atoms with Gasteiger partial charge in [0.25, 0.3) is 5.91 Å². The van der Waals surface area contributed by atoms with Crippen LogP contribution < -0.4 is 4.90 Å². The van der Waals surface area contributed by atoms with Crippen LogP contribution in [-0.2, 0) is 13.0 Å². The number of amides is 1. The van der Waals surface area contributed by atoms with Crippen LogP contribution in [0.5, 0.6) is 0 Å². The molecule has 8 heteroatoms. The average molecular weight is 349 g/mol. The number of rotatable bonds is 3. The molecule has 0 bridgehead atoms. The van der Waals surface area contributed by atoms with Gasteiger partial charge in [-0.2, -0.15) is 5.10 Å². The monoisotopic (exact) mass is 349 g/mol. The highest BCUT2D eigenvalue weighted by Crippen LogP contribution is 2.28. The van der Waals surface area contributed by atoms with E-state index in [0.717, 1.165) is 29.1 Å². The number of fused-ring (bicyclic) bond motifs is 1. The van der Waals surface area contributed by atoms with Crippen LogP contribution in [0.3, 0.4) is 0 Å². The Kier molecular flexibility index (Phi) is 4.08. The second-order valence-electron chi connectivity index (χ2n) is 6.37. The maximum atomic E-state index is 12.6. The molecule has 1 aliphatic rings. The minimum atomic E-state index is -0.0661. The summed E-state index contributed by atoms with van der Waals surface area (Å²) in [7, 11) is 3.95. The van der Waals surface area contributed by atoms with Crippen molar-refractivity contribution in [3.8, 4) is 11.4 Å². The topological polar surface area (TPSA) is 90.9 Å². The number of hydrogen-bond donors (Lipinski definition) is 1. The molecular weight excluding hydrogens is 330 g/mol. The van der Waals surface area contributed by atoms with E-state index in [1.54, 1.807) is 29.6 Å². The number of carbonyl (C=O) groups is 1. The third-order valence-electron chi connectivity index (χ3n) is 4.42. The Morgan fingerprint density at radius 1 is 1.15 bits per heavy atom. The molecule has 26 heavy (non-hydrogen) atoms. The van der Waals surface area contributed by atoms with Gasteiger partial charge in [-0.3, -0.25) is 14.9 Å². The summed E-state index contributed by atoms with van der Waals surface area (Å²) in [6.07, 6.45) is 5.75.